The number of nitrogens with one attached hydrogen (secondary N) is 1. The first-order chi connectivity index (χ1) is 5.70. The number of pyridine rings is 1. The third-order valence-electron chi connectivity index (χ3n) is 1.55. The molecule has 0 atom stereocenters. The Labute approximate surface area is 74.7 Å². The smallest absolute Gasteiger partial charge is 0.177 e. The maximum absolute atomic E-state index is 13.0. The van der Waals surface area contributed by atoms with Crippen molar-refractivity contribution in [2.45, 2.75) is 0 Å². The summed E-state index contributed by atoms with van der Waals surface area (Å²) in [5.74, 6) is -1.82. The molecule has 2 heterocycles. The zero-order valence-electron chi connectivity index (χ0n) is 5.74. The monoisotopic (exact) mass is 232 g/mol. The van der Waals surface area contributed by atoms with Gasteiger partial charge in [-0.25, -0.2) is 13.8 Å². The highest BCUT2D eigenvalue weighted by Gasteiger charge is 2.11. The van der Waals surface area contributed by atoms with Crippen LogP contribution >= 0.6 is 15.9 Å². The summed E-state index contributed by atoms with van der Waals surface area (Å²) in [7, 11) is 0. The van der Waals surface area contributed by atoms with E-state index >= 15 is 0 Å². The molecule has 62 valence electrons. The largest absolute Gasteiger partial charge is 0.345 e. The van der Waals surface area contributed by atoms with E-state index in [-0.39, 0.29) is 5.39 Å². The van der Waals surface area contributed by atoms with Crippen LogP contribution in [0.4, 0.5) is 8.78 Å². The molecule has 0 aromatic carbocycles. The molecule has 0 radical (unpaired) electrons. The second-order valence-corrected chi connectivity index (χ2v) is 3.13. The number of aromatic amines is 1. The van der Waals surface area contributed by atoms with Crippen LogP contribution in [0.25, 0.3) is 11.0 Å². The van der Waals surface area contributed by atoms with Gasteiger partial charge >= 0.3 is 0 Å². The molecule has 0 bridgehead atoms. The number of rotatable bonds is 0. The summed E-state index contributed by atoms with van der Waals surface area (Å²) in [4.78, 5) is 6.35. The number of H-pyrrole nitrogens is 1. The van der Waals surface area contributed by atoms with Gasteiger partial charge in [-0.2, -0.15) is 0 Å². The lowest BCUT2D eigenvalue weighted by Crippen LogP contribution is -1.87. The molecule has 0 amide bonds. The molecule has 1 N–H and O–H groups in total. The van der Waals surface area contributed by atoms with Gasteiger partial charge in [0.25, 0.3) is 0 Å². The minimum absolute atomic E-state index is 0.148. The first-order valence-corrected chi connectivity index (χ1v) is 3.96. The molecule has 12 heavy (non-hydrogen) atoms. The van der Waals surface area contributed by atoms with Crippen LogP contribution in [0.2, 0.25) is 0 Å². The van der Waals surface area contributed by atoms with Crippen LogP contribution in [0.15, 0.2) is 16.9 Å². The topological polar surface area (TPSA) is 28.7 Å². The number of hydrogen-bond acceptors (Lipinski definition) is 1. The van der Waals surface area contributed by atoms with Gasteiger partial charge in [-0.3, -0.25) is 0 Å². The Balaban J connectivity index is 2.96. The molecule has 0 aliphatic rings. The Bertz CT molecular complexity index is 438. The fourth-order valence-electron chi connectivity index (χ4n) is 0.997. The molecular weight excluding hydrogens is 230 g/mol. The van der Waals surface area contributed by atoms with Gasteiger partial charge in [0, 0.05) is 10.7 Å². The van der Waals surface area contributed by atoms with Crippen LogP contribution in [-0.4, -0.2) is 9.97 Å². The minimum Gasteiger partial charge on any atom is -0.345 e. The van der Waals surface area contributed by atoms with Gasteiger partial charge < -0.3 is 4.98 Å². The van der Waals surface area contributed by atoms with Crippen LogP contribution in [0, 0.1) is 11.6 Å². The maximum atomic E-state index is 13.0. The highest BCUT2D eigenvalue weighted by atomic mass is 79.9. The van der Waals surface area contributed by atoms with Crippen LogP contribution in [0.1, 0.15) is 0 Å². The molecule has 2 rings (SSSR count). The van der Waals surface area contributed by atoms with E-state index in [4.69, 9.17) is 0 Å². The summed E-state index contributed by atoms with van der Waals surface area (Å²) in [6.07, 6.45) is 2.36. The number of halogens is 3. The van der Waals surface area contributed by atoms with E-state index in [0.29, 0.717) is 10.1 Å². The number of aromatic nitrogens is 2. The quantitative estimate of drug-likeness (QED) is 0.744. The molecule has 0 aliphatic heterocycles. The molecule has 0 spiro atoms. The van der Waals surface area contributed by atoms with E-state index in [1.165, 1.54) is 6.20 Å². The van der Waals surface area contributed by atoms with Crippen molar-refractivity contribution in [2.24, 2.45) is 0 Å². The van der Waals surface area contributed by atoms with Crippen molar-refractivity contribution in [1.82, 2.24) is 9.97 Å². The fourth-order valence-corrected chi connectivity index (χ4v) is 1.47. The van der Waals surface area contributed by atoms with Crippen molar-refractivity contribution in [3.63, 3.8) is 0 Å². The van der Waals surface area contributed by atoms with E-state index < -0.39 is 11.6 Å². The molecule has 0 saturated heterocycles. The molecular formula is C7H3BrF2N2. The van der Waals surface area contributed by atoms with Crippen LogP contribution < -0.4 is 0 Å². The van der Waals surface area contributed by atoms with E-state index in [2.05, 4.69) is 25.9 Å². The van der Waals surface area contributed by atoms with E-state index in [1.54, 1.807) is 0 Å². The number of fused-ring (bicyclic) bond motifs is 1. The fraction of sp³-hybridized carbons (Fsp3) is 0. The van der Waals surface area contributed by atoms with Crippen LogP contribution in [-0.2, 0) is 0 Å². The van der Waals surface area contributed by atoms with E-state index in [1.807, 2.05) is 0 Å². The number of hydrogen-bond donors (Lipinski definition) is 1. The van der Waals surface area contributed by atoms with E-state index in [9.17, 15) is 8.78 Å². The first kappa shape index (κ1) is 7.67. The summed E-state index contributed by atoms with van der Waals surface area (Å²) in [5, 5.41) is 0.148. The normalized spacial score (nSPS) is 10.9. The Hall–Kier alpha value is -0.970. The lowest BCUT2D eigenvalue weighted by Gasteiger charge is -1.93. The lowest BCUT2D eigenvalue weighted by atomic mass is 10.3. The molecule has 2 aromatic heterocycles. The molecule has 0 fully saturated rings. The Kier molecular flexibility index (Phi) is 1.61. The zero-order valence-corrected chi connectivity index (χ0v) is 7.32. The summed E-state index contributed by atoms with van der Waals surface area (Å²) >= 11 is 3.07. The Morgan fingerprint density at radius 2 is 2.17 bits per heavy atom. The Morgan fingerprint density at radius 3 is 2.92 bits per heavy atom. The van der Waals surface area contributed by atoms with Crippen molar-refractivity contribution < 1.29 is 8.78 Å². The van der Waals surface area contributed by atoms with Gasteiger partial charge in [-0.1, -0.05) is 0 Å². The highest BCUT2D eigenvalue weighted by molar-refractivity contribution is 9.10. The zero-order chi connectivity index (χ0) is 8.72. The average molecular weight is 233 g/mol. The summed E-state index contributed by atoms with van der Waals surface area (Å²) in [6.45, 7) is 0. The third-order valence-corrected chi connectivity index (χ3v) is 2.17. The number of nitrogens with zero attached hydrogens (tertiary/aromatic N) is 1. The second kappa shape index (κ2) is 2.52. The van der Waals surface area contributed by atoms with Crippen molar-refractivity contribution >= 4 is 27.0 Å². The molecule has 0 aliphatic carbocycles. The van der Waals surface area contributed by atoms with Crippen molar-refractivity contribution in [3.05, 3.63) is 28.5 Å². The standard InChI is InChI=1S/C7H3BrF2N2/c8-3-1-11-7-5(3)6(10)4(9)2-12-7/h1-2H,(H,11,12). The van der Waals surface area contributed by atoms with Crippen molar-refractivity contribution in [1.29, 1.82) is 0 Å². The van der Waals surface area contributed by atoms with Gasteiger partial charge in [-0.15, -0.1) is 0 Å². The molecule has 5 heteroatoms. The predicted molar refractivity (Wildman–Crippen MR) is 43.7 cm³/mol. The lowest BCUT2D eigenvalue weighted by molar-refractivity contribution is 0.513. The predicted octanol–water partition coefficient (Wildman–Crippen LogP) is 2.60. The van der Waals surface area contributed by atoms with Gasteiger partial charge in [0.2, 0.25) is 0 Å². The van der Waals surface area contributed by atoms with Gasteiger partial charge in [0.1, 0.15) is 5.65 Å². The average Bonchev–Trinajstić information content (AvgIpc) is 2.41. The highest BCUT2D eigenvalue weighted by Crippen LogP contribution is 2.25. The molecule has 0 unspecified atom stereocenters. The molecule has 2 nitrogen and oxygen atoms in total. The summed E-state index contributed by atoms with van der Waals surface area (Å²) < 4.78 is 26.1. The molecule has 0 saturated carbocycles. The van der Waals surface area contributed by atoms with Gasteiger partial charge in [0.15, 0.2) is 11.6 Å². The maximum Gasteiger partial charge on any atom is 0.177 e. The third kappa shape index (κ3) is 0.929. The van der Waals surface area contributed by atoms with E-state index in [0.717, 1.165) is 6.20 Å². The van der Waals surface area contributed by atoms with Gasteiger partial charge in [-0.05, 0) is 15.9 Å². The SMILES string of the molecule is Fc1cnc2[nH]cc(Br)c2c1F. The van der Waals surface area contributed by atoms with Crippen molar-refractivity contribution in [2.75, 3.05) is 0 Å². The minimum atomic E-state index is -0.942. The summed E-state index contributed by atoms with van der Waals surface area (Å²) in [6, 6.07) is 0. The van der Waals surface area contributed by atoms with Gasteiger partial charge in [0.05, 0.1) is 11.6 Å². The van der Waals surface area contributed by atoms with Crippen molar-refractivity contribution in [3.8, 4) is 0 Å². The summed E-state index contributed by atoms with van der Waals surface area (Å²) in [5.41, 5.74) is 0.334. The van der Waals surface area contributed by atoms with Crippen LogP contribution in [0.3, 0.4) is 0 Å². The van der Waals surface area contributed by atoms with Crippen LogP contribution in [0.5, 0.6) is 0 Å². The second-order valence-electron chi connectivity index (χ2n) is 2.28. The first-order valence-electron chi connectivity index (χ1n) is 3.16. The Morgan fingerprint density at radius 1 is 1.42 bits per heavy atom. The molecule has 2 aromatic rings.